The van der Waals surface area contributed by atoms with E-state index in [2.05, 4.69) is 77.7 Å². The number of fused-ring (bicyclic) bond motifs is 1. The zero-order valence-electron chi connectivity index (χ0n) is 15.1. The molecular weight excluding hydrogens is 316 g/mol. The first-order chi connectivity index (χ1) is 12.8. The van der Waals surface area contributed by atoms with Gasteiger partial charge >= 0.3 is 0 Å². The maximum Gasteiger partial charge on any atom is 0.0349 e. The van der Waals surface area contributed by atoms with E-state index in [1.165, 1.54) is 28.7 Å². The van der Waals surface area contributed by atoms with Crippen LogP contribution in [0.1, 0.15) is 28.7 Å². The molecule has 4 rings (SSSR count). The maximum atomic E-state index is 6.20. The lowest BCUT2D eigenvalue weighted by molar-refractivity contribution is 0.162. The molecule has 0 aromatic heterocycles. The van der Waals surface area contributed by atoms with Crippen LogP contribution in [0.15, 0.2) is 78.9 Å². The third kappa shape index (κ3) is 3.81. The highest BCUT2D eigenvalue weighted by Crippen LogP contribution is 2.30. The predicted molar refractivity (Wildman–Crippen MR) is 109 cm³/mol. The predicted octanol–water partition coefficient (Wildman–Crippen LogP) is 4.83. The topological polar surface area (TPSA) is 29.3 Å². The van der Waals surface area contributed by atoms with Gasteiger partial charge in [0.25, 0.3) is 0 Å². The van der Waals surface area contributed by atoms with Gasteiger partial charge in [-0.3, -0.25) is 4.90 Å². The molecule has 1 aliphatic carbocycles. The van der Waals surface area contributed by atoms with Gasteiger partial charge in [0.15, 0.2) is 0 Å². The standard InChI is InChI=1S/C24H26N2/c25-24-13-7-12-21-16-22(14-15-23(21)24)26(17-19-8-3-1-4-9-19)18-20-10-5-2-6-11-20/h1-13,22H,14-18,25H2/t22-/m1/s1. The molecule has 0 unspecified atom stereocenters. The number of rotatable bonds is 5. The molecule has 132 valence electrons. The van der Waals surface area contributed by atoms with Crippen molar-refractivity contribution in [2.24, 2.45) is 0 Å². The smallest absolute Gasteiger partial charge is 0.0349 e. The molecule has 2 nitrogen and oxygen atoms in total. The van der Waals surface area contributed by atoms with Crippen LogP contribution >= 0.6 is 0 Å². The second kappa shape index (κ2) is 7.76. The van der Waals surface area contributed by atoms with Crippen molar-refractivity contribution in [1.82, 2.24) is 4.90 Å². The molecule has 0 fully saturated rings. The van der Waals surface area contributed by atoms with Gasteiger partial charge in [-0.25, -0.2) is 0 Å². The van der Waals surface area contributed by atoms with Crippen LogP contribution in [-0.4, -0.2) is 10.9 Å². The highest BCUT2D eigenvalue weighted by molar-refractivity contribution is 5.52. The maximum absolute atomic E-state index is 6.20. The first kappa shape index (κ1) is 16.9. The number of nitrogen functional groups attached to an aromatic ring is 1. The summed E-state index contributed by atoms with van der Waals surface area (Å²) in [5.41, 5.74) is 12.7. The molecule has 1 aliphatic rings. The van der Waals surface area contributed by atoms with E-state index >= 15 is 0 Å². The van der Waals surface area contributed by atoms with E-state index in [4.69, 9.17) is 5.73 Å². The number of nitrogens with two attached hydrogens (primary N) is 1. The fourth-order valence-electron chi connectivity index (χ4n) is 4.08. The normalized spacial score (nSPS) is 16.4. The molecule has 3 aromatic rings. The van der Waals surface area contributed by atoms with Crippen LogP contribution < -0.4 is 5.73 Å². The molecule has 0 amide bonds. The average molecular weight is 342 g/mol. The minimum absolute atomic E-state index is 0.546. The Kier molecular flexibility index (Phi) is 5.03. The molecule has 2 N–H and O–H groups in total. The highest BCUT2D eigenvalue weighted by atomic mass is 15.2. The summed E-state index contributed by atoms with van der Waals surface area (Å²) in [6.45, 7) is 1.97. The average Bonchev–Trinajstić information content (AvgIpc) is 2.69. The first-order valence-electron chi connectivity index (χ1n) is 9.48. The summed E-state index contributed by atoms with van der Waals surface area (Å²) in [6.07, 6.45) is 3.33. The molecule has 2 heteroatoms. The third-order valence-corrected chi connectivity index (χ3v) is 5.47. The van der Waals surface area contributed by atoms with Crippen molar-refractivity contribution < 1.29 is 0 Å². The summed E-state index contributed by atoms with van der Waals surface area (Å²) < 4.78 is 0. The third-order valence-electron chi connectivity index (χ3n) is 5.47. The van der Waals surface area contributed by atoms with Crippen molar-refractivity contribution >= 4 is 5.69 Å². The van der Waals surface area contributed by atoms with E-state index in [1.54, 1.807) is 0 Å². The van der Waals surface area contributed by atoms with Gasteiger partial charge in [-0.05, 0) is 47.6 Å². The van der Waals surface area contributed by atoms with Gasteiger partial charge in [-0.15, -0.1) is 0 Å². The van der Waals surface area contributed by atoms with Crippen LogP contribution in [-0.2, 0) is 25.9 Å². The number of nitrogens with zero attached hydrogens (tertiary/aromatic N) is 1. The second-order valence-corrected chi connectivity index (χ2v) is 7.26. The van der Waals surface area contributed by atoms with Crippen molar-refractivity contribution in [1.29, 1.82) is 0 Å². The molecule has 3 aromatic carbocycles. The first-order valence-corrected chi connectivity index (χ1v) is 9.48. The van der Waals surface area contributed by atoms with E-state index in [0.717, 1.165) is 31.6 Å². The Bertz CT molecular complexity index is 801. The zero-order chi connectivity index (χ0) is 17.8. The Morgan fingerprint density at radius 3 is 2.00 bits per heavy atom. The van der Waals surface area contributed by atoms with Gasteiger partial charge in [-0.1, -0.05) is 72.8 Å². The highest BCUT2D eigenvalue weighted by Gasteiger charge is 2.25. The molecule has 0 bridgehead atoms. The lowest BCUT2D eigenvalue weighted by Crippen LogP contribution is -2.38. The van der Waals surface area contributed by atoms with Crippen LogP contribution in [0, 0.1) is 0 Å². The Hall–Kier alpha value is -2.58. The lowest BCUT2D eigenvalue weighted by atomic mass is 9.86. The molecule has 0 heterocycles. The van der Waals surface area contributed by atoms with E-state index in [9.17, 15) is 0 Å². The quantitative estimate of drug-likeness (QED) is 0.673. The minimum atomic E-state index is 0.546. The SMILES string of the molecule is Nc1cccc2c1CC[C@@H](N(Cc1ccccc1)Cc1ccccc1)C2. The Morgan fingerprint density at radius 1 is 0.769 bits per heavy atom. The van der Waals surface area contributed by atoms with Crippen molar-refractivity contribution in [2.75, 3.05) is 5.73 Å². The number of hydrogen-bond donors (Lipinski definition) is 1. The van der Waals surface area contributed by atoms with Gasteiger partial charge in [0.05, 0.1) is 0 Å². The Balaban J connectivity index is 1.58. The van der Waals surface area contributed by atoms with Gasteiger partial charge in [0, 0.05) is 24.8 Å². The van der Waals surface area contributed by atoms with E-state index in [0.29, 0.717) is 6.04 Å². The lowest BCUT2D eigenvalue weighted by Gasteiger charge is -2.36. The molecule has 0 aliphatic heterocycles. The summed E-state index contributed by atoms with van der Waals surface area (Å²) in [4.78, 5) is 2.64. The van der Waals surface area contributed by atoms with Crippen molar-refractivity contribution in [3.8, 4) is 0 Å². The van der Waals surface area contributed by atoms with Crippen molar-refractivity contribution in [3.05, 3.63) is 101 Å². The summed E-state index contributed by atoms with van der Waals surface area (Å²) >= 11 is 0. The van der Waals surface area contributed by atoms with Gasteiger partial charge in [0.1, 0.15) is 0 Å². The van der Waals surface area contributed by atoms with Crippen LogP contribution in [0.3, 0.4) is 0 Å². The van der Waals surface area contributed by atoms with Crippen LogP contribution in [0.5, 0.6) is 0 Å². The summed E-state index contributed by atoms with van der Waals surface area (Å²) in [7, 11) is 0. The molecule has 0 radical (unpaired) electrons. The van der Waals surface area contributed by atoms with Gasteiger partial charge in [0.2, 0.25) is 0 Å². The molecule has 0 spiro atoms. The van der Waals surface area contributed by atoms with Gasteiger partial charge in [-0.2, -0.15) is 0 Å². The summed E-state index contributed by atoms with van der Waals surface area (Å²) in [6, 6.07) is 28.5. The molecular formula is C24H26N2. The number of hydrogen-bond acceptors (Lipinski definition) is 2. The number of anilines is 1. The zero-order valence-corrected chi connectivity index (χ0v) is 15.1. The molecule has 0 saturated carbocycles. The molecule has 26 heavy (non-hydrogen) atoms. The molecule has 0 saturated heterocycles. The van der Waals surface area contributed by atoms with Crippen LogP contribution in [0.4, 0.5) is 5.69 Å². The van der Waals surface area contributed by atoms with E-state index in [-0.39, 0.29) is 0 Å². The fraction of sp³-hybridized carbons (Fsp3) is 0.250. The van der Waals surface area contributed by atoms with Gasteiger partial charge < -0.3 is 5.73 Å². The van der Waals surface area contributed by atoms with Crippen molar-refractivity contribution in [2.45, 2.75) is 38.4 Å². The van der Waals surface area contributed by atoms with E-state index in [1.807, 2.05) is 6.07 Å². The largest absolute Gasteiger partial charge is 0.398 e. The van der Waals surface area contributed by atoms with Crippen LogP contribution in [0.25, 0.3) is 0 Å². The van der Waals surface area contributed by atoms with E-state index < -0.39 is 0 Å². The molecule has 1 atom stereocenters. The minimum Gasteiger partial charge on any atom is -0.398 e. The van der Waals surface area contributed by atoms with Crippen molar-refractivity contribution in [3.63, 3.8) is 0 Å². The Labute approximate surface area is 156 Å². The second-order valence-electron chi connectivity index (χ2n) is 7.26. The van der Waals surface area contributed by atoms with Crippen LogP contribution in [0.2, 0.25) is 0 Å². The summed E-state index contributed by atoms with van der Waals surface area (Å²) in [5, 5.41) is 0. The summed E-state index contributed by atoms with van der Waals surface area (Å²) in [5.74, 6) is 0. The Morgan fingerprint density at radius 2 is 1.38 bits per heavy atom. The monoisotopic (exact) mass is 342 g/mol. The number of benzene rings is 3. The fourth-order valence-corrected chi connectivity index (χ4v) is 4.08.